The summed E-state index contributed by atoms with van der Waals surface area (Å²) in [5.74, 6) is 0.929. The van der Waals surface area contributed by atoms with Crippen LogP contribution in [0.1, 0.15) is 33.6 Å². The number of nitrogens with zero attached hydrogens (tertiary/aromatic N) is 1. The lowest BCUT2D eigenvalue weighted by Gasteiger charge is -2.20. The van der Waals surface area contributed by atoms with Gasteiger partial charge in [0.05, 0.1) is 6.07 Å². The lowest BCUT2D eigenvalue weighted by atomic mass is 9.84. The van der Waals surface area contributed by atoms with Crippen LogP contribution in [0.25, 0.3) is 0 Å². The van der Waals surface area contributed by atoms with Gasteiger partial charge < -0.3 is 0 Å². The minimum absolute atomic E-state index is 0.396. The average molecular weight is 177 g/mol. The zero-order valence-corrected chi connectivity index (χ0v) is 8.88. The highest BCUT2D eigenvalue weighted by atomic mass is 14.3. The van der Waals surface area contributed by atoms with E-state index in [9.17, 15) is 0 Å². The third-order valence-electron chi connectivity index (χ3n) is 2.33. The molecule has 0 bridgehead atoms. The fourth-order valence-electron chi connectivity index (χ4n) is 1.55. The van der Waals surface area contributed by atoms with Crippen molar-refractivity contribution in [2.24, 2.45) is 11.8 Å². The molecule has 0 amide bonds. The van der Waals surface area contributed by atoms with Gasteiger partial charge >= 0.3 is 0 Å². The van der Waals surface area contributed by atoms with Gasteiger partial charge in [-0.3, -0.25) is 0 Å². The second kappa shape index (κ2) is 6.48. The molecule has 0 aliphatic rings. The summed E-state index contributed by atoms with van der Waals surface area (Å²) in [6.07, 6.45) is 5.48. The third kappa shape index (κ3) is 3.94. The SMILES string of the molecule is C=C/C=C(\CC)C(CC#N)C(C)C. The molecule has 0 saturated carbocycles. The molecule has 0 fully saturated rings. The monoisotopic (exact) mass is 177 g/mol. The van der Waals surface area contributed by atoms with E-state index in [0.29, 0.717) is 18.3 Å². The zero-order chi connectivity index (χ0) is 10.3. The molecule has 1 heteroatoms. The fraction of sp³-hybridized carbons (Fsp3) is 0.583. The topological polar surface area (TPSA) is 23.8 Å². The predicted octanol–water partition coefficient (Wildman–Crippen LogP) is 3.69. The van der Waals surface area contributed by atoms with Crippen molar-refractivity contribution in [2.75, 3.05) is 0 Å². The molecule has 1 atom stereocenters. The van der Waals surface area contributed by atoms with Crippen LogP contribution in [0.4, 0.5) is 0 Å². The van der Waals surface area contributed by atoms with Gasteiger partial charge in [0.2, 0.25) is 0 Å². The number of hydrogen-bond acceptors (Lipinski definition) is 1. The molecule has 0 heterocycles. The summed E-state index contributed by atoms with van der Waals surface area (Å²) in [5.41, 5.74) is 1.34. The van der Waals surface area contributed by atoms with E-state index in [1.54, 1.807) is 0 Å². The highest BCUT2D eigenvalue weighted by molar-refractivity contribution is 5.15. The molecule has 0 aliphatic carbocycles. The van der Waals surface area contributed by atoms with E-state index >= 15 is 0 Å². The van der Waals surface area contributed by atoms with E-state index in [1.165, 1.54) is 5.57 Å². The Labute approximate surface area is 81.8 Å². The molecule has 0 radical (unpaired) electrons. The molecular formula is C12H19N. The zero-order valence-electron chi connectivity index (χ0n) is 8.88. The van der Waals surface area contributed by atoms with E-state index in [0.717, 1.165) is 6.42 Å². The maximum atomic E-state index is 8.70. The molecule has 0 saturated heterocycles. The van der Waals surface area contributed by atoms with Crippen molar-refractivity contribution < 1.29 is 0 Å². The number of rotatable bonds is 5. The summed E-state index contributed by atoms with van der Waals surface area (Å²) in [6.45, 7) is 10.1. The van der Waals surface area contributed by atoms with Gasteiger partial charge in [0.25, 0.3) is 0 Å². The molecule has 1 nitrogen and oxygen atoms in total. The molecule has 0 aromatic carbocycles. The molecule has 72 valence electrons. The van der Waals surface area contributed by atoms with Crippen LogP contribution in [0, 0.1) is 23.2 Å². The van der Waals surface area contributed by atoms with Gasteiger partial charge in [-0.15, -0.1) is 0 Å². The van der Waals surface area contributed by atoms with Crippen molar-refractivity contribution in [3.8, 4) is 6.07 Å². The molecule has 0 rings (SSSR count). The molecule has 0 aliphatic heterocycles. The van der Waals surface area contributed by atoms with Gasteiger partial charge in [-0.1, -0.05) is 45.1 Å². The second-order valence-corrected chi connectivity index (χ2v) is 3.54. The van der Waals surface area contributed by atoms with Crippen LogP contribution in [0.5, 0.6) is 0 Å². The minimum Gasteiger partial charge on any atom is -0.198 e. The molecule has 1 unspecified atom stereocenters. The number of hydrogen-bond donors (Lipinski definition) is 0. The summed E-state index contributed by atoms with van der Waals surface area (Å²) in [5, 5.41) is 8.70. The van der Waals surface area contributed by atoms with Crippen molar-refractivity contribution in [3.05, 3.63) is 24.3 Å². The van der Waals surface area contributed by atoms with E-state index in [1.807, 2.05) is 12.2 Å². The van der Waals surface area contributed by atoms with Crippen LogP contribution in [-0.4, -0.2) is 0 Å². The first kappa shape index (κ1) is 12.0. The smallest absolute Gasteiger partial charge is 0.0628 e. The average Bonchev–Trinajstić information content (AvgIpc) is 2.10. The van der Waals surface area contributed by atoms with Crippen LogP contribution < -0.4 is 0 Å². The van der Waals surface area contributed by atoms with Crippen molar-refractivity contribution in [2.45, 2.75) is 33.6 Å². The van der Waals surface area contributed by atoms with Crippen LogP contribution in [0.2, 0.25) is 0 Å². The van der Waals surface area contributed by atoms with E-state index < -0.39 is 0 Å². The molecular weight excluding hydrogens is 158 g/mol. The lowest BCUT2D eigenvalue weighted by molar-refractivity contribution is 0.442. The Balaban J connectivity index is 4.60. The van der Waals surface area contributed by atoms with Crippen LogP contribution in [-0.2, 0) is 0 Å². The Hall–Kier alpha value is -1.03. The largest absolute Gasteiger partial charge is 0.198 e. The Morgan fingerprint density at radius 2 is 2.15 bits per heavy atom. The molecule has 0 aromatic rings. The Morgan fingerprint density at radius 3 is 2.46 bits per heavy atom. The van der Waals surface area contributed by atoms with Crippen molar-refractivity contribution in [3.63, 3.8) is 0 Å². The molecule has 0 N–H and O–H groups in total. The van der Waals surface area contributed by atoms with Crippen LogP contribution in [0.15, 0.2) is 24.3 Å². The second-order valence-electron chi connectivity index (χ2n) is 3.54. The van der Waals surface area contributed by atoms with Gasteiger partial charge in [-0.05, 0) is 18.3 Å². The first-order chi connectivity index (χ1) is 6.17. The first-order valence-corrected chi connectivity index (χ1v) is 4.85. The van der Waals surface area contributed by atoms with E-state index in [-0.39, 0.29) is 0 Å². The Morgan fingerprint density at radius 1 is 1.54 bits per heavy atom. The highest BCUT2D eigenvalue weighted by Crippen LogP contribution is 2.25. The molecule has 0 spiro atoms. The number of allylic oxidation sites excluding steroid dienone is 3. The number of nitriles is 1. The fourth-order valence-corrected chi connectivity index (χ4v) is 1.55. The summed E-state index contributed by atoms with van der Waals surface area (Å²) in [6, 6.07) is 2.25. The summed E-state index contributed by atoms with van der Waals surface area (Å²) in [4.78, 5) is 0. The lowest BCUT2D eigenvalue weighted by Crippen LogP contribution is -2.10. The summed E-state index contributed by atoms with van der Waals surface area (Å²) >= 11 is 0. The van der Waals surface area contributed by atoms with Gasteiger partial charge in [0, 0.05) is 6.42 Å². The van der Waals surface area contributed by atoms with Crippen molar-refractivity contribution in [1.29, 1.82) is 5.26 Å². The van der Waals surface area contributed by atoms with Gasteiger partial charge in [0.15, 0.2) is 0 Å². The van der Waals surface area contributed by atoms with E-state index in [4.69, 9.17) is 5.26 Å². The molecule has 0 aromatic heterocycles. The maximum Gasteiger partial charge on any atom is 0.0628 e. The van der Waals surface area contributed by atoms with Gasteiger partial charge in [-0.25, -0.2) is 0 Å². The minimum atomic E-state index is 0.396. The van der Waals surface area contributed by atoms with Crippen molar-refractivity contribution in [1.82, 2.24) is 0 Å². The standard InChI is InChI=1S/C12H19N/c1-5-7-11(6-2)12(8-9-13)10(3)4/h5,7,10,12H,1,6,8H2,2-4H3/b11-7+. The van der Waals surface area contributed by atoms with Gasteiger partial charge in [-0.2, -0.15) is 5.26 Å². The Bertz CT molecular complexity index is 218. The van der Waals surface area contributed by atoms with Gasteiger partial charge in [0.1, 0.15) is 0 Å². The molecule has 13 heavy (non-hydrogen) atoms. The first-order valence-electron chi connectivity index (χ1n) is 4.85. The summed E-state index contributed by atoms with van der Waals surface area (Å²) in [7, 11) is 0. The van der Waals surface area contributed by atoms with E-state index in [2.05, 4.69) is 33.4 Å². The van der Waals surface area contributed by atoms with Crippen LogP contribution >= 0.6 is 0 Å². The third-order valence-corrected chi connectivity index (χ3v) is 2.33. The summed E-state index contributed by atoms with van der Waals surface area (Å²) < 4.78 is 0. The normalized spacial score (nSPS) is 13.9. The quantitative estimate of drug-likeness (QED) is 0.587. The highest BCUT2D eigenvalue weighted by Gasteiger charge is 2.15. The van der Waals surface area contributed by atoms with Crippen molar-refractivity contribution >= 4 is 0 Å². The Kier molecular flexibility index (Phi) is 5.97. The maximum absolute atomic E-state index is 8.70. The predicted molar refractivity (Wildman–Crippen MR) is 57.1 cm³/mol. The van der Waals surface area contributed by atoms with Crippen LogP contribution in [0.3, 0.4) is 0 Å².